The molecular formula is C15H24N2OS. The summed E-state index contributed by atoms with van der Waals surface area (Å²) in [6.45, 7) is 7.22. The number of rotatable bonds is 5. The summed E-state index contributed by atoms with van der Waals surface area (Å²) >= 11 is 2.07. The lowest BCUT2D eigenvalue weighted by Crippen LogP contribution is -2.38. The van der Waals surface area contributed by atoms with Crippen LogP contribution < -0.4 is 10.1 Å². The highest BCUT2D eigenvalue weighted by Gasteiger charge is 2.21. The standard InChI is InChI=1S/C15H24N2OS/c1-11(2)18-15-13(6-4-8-16-15)10-17-14-7-5-9-19-12(14)3/h4,6,8,11-12,14,17H,5,7,9-10H2,1-3H3. The zero-order valence-electron chi connectivity index (χ0n) is 12.1. The van der Waals surface area contributed by atoms with E-state index in [-0.39, 0.29) is 6.10 Å². The van der Waals surface area contributed by atoms with Crippen LogP contribution in [0.2, 0.25) is 0 Å². The number of pyridine rings is 1. The number of nitrogens with one attached hydrogen (secondary N) is 1. The van der Waals surface area contributed by atoms with Crippen molar-refractivity contribution in [1.29, 1.82) is 0 Å². The van der Waals surface area contributed by atoms with Crippen molar-refractivity contribution >= 4 is 11.8 Å². The maximum Gasteiger partial charge on any atom is 0.218 e. The fraction of sp³-hybridized carbons (Fsp3) is 0.667. The lowest BCUT2D eigenvalue weighted by Gasteiger charge is -2.29. The SMILES string of the molecule is CC(C)Oc1ncccc1CNC1CCCSC1C. The Morgan fingerprint density at radius 1 is 1.53 bits per heavy atom. The van der Waals surface area contributed by atoms with Crippen LogP contribution in [0.25, 0.3) is 0 Å². The molecule has 1 aromatic heterocycles. The summed E-state index contributed by atoms with van der Waals surface area (Å²) in [4.78, 5) is 4.33. The van der Waals surface area contributed by atoms with E-state index in [1.807, 2.05) is 19.9 Å². The van der Waals surface area contributed by atoms with Gasteiger partial charge in [-0.2, -0.15) is 11.8 Å². The maximum absolute atomic E-state index is 5.76. The van der Waals surface area contributed by atoms with Gasteiger partial charge in [0, 0.05) is 29.6 Å². The molecule has 0 aliphatic carbocycles. The number of nitrogens with zero attached hydrogens (tertiary/aromatic N) is 1. The molecule has 2 unspecified atom stereocenters. The Hall–Kier alpha value is -0.740. The molecule has 1 fully saturated rings. The van der Waals surface area contributed by atoms with Crippen LogP contribution in [0, 0.1) is 0 Å². The van der Waals surface area contributed by atoms with Crippen molar-refractivity contribution in [1.82, 2.24) is 10.3 Å². The van der Waals surface area contributed by atoms with Gasteiger partial charge in [0.25, 0.3) is 0 Å². The molecule has 0 radical (unpaired) electrons. The van der Waals surface area contributed by atoms with Crippen molar-refractivity contribution in [2.45, 2.75) is 57.6 Å². The quantitative estimate of drug-likeness (QED) is 0.898. The van der Waals surface area contributed by atoms with E-state index in [1.54, 1.807) is 6.20 Å². The minimum absolute atomic E-state index is 0.165. The molecule has 2 rings (SSSR count). The molecule has 19 heavy (non-hydrogen) atoms. The zero-order valence-corrected chi connectivity index (χ0v) is 12.9. The van der Waals surface area contributed by atoms with Gasteiger partial charge in [-0.25, -0.2) is 4.98 Å². The monoisotopic (exact) mass is 280 g/mol. The molecule has 1 aliphatic heterocycles. The minimum atomic E-state index is 0.165. The smallest absolute Gasteiger partial charge is 0.218 e. The molecular weight excluding hydrogens is 256 g/mol. The Balaban J connectivity index is 1.94. The van der Waals surface area contributed by atoms with Gasteiger partial charge in [-0.3, -0.25) is 0 Å². The third kappa shape index (κ3) is 4.39. The summed E-state index contributed by atoms with van der Waals surface area (Å²) in [5.74, 6) is 2.06. The third-order valence-corrected chi connectivity index (χ3v) is 4.74. The number of hydrogen-bond donors (Lipinski definition) is 1. The van der Waals surface area contributed by atoms with Crippen LogP contribution in [-0.2, 0) is 6.54 Å². The van der Waals surface area contributed by atoms with Crippen LogP contribution in [0.1, 0.15) is 39.2 Å². The molecule has 0 spiro atoms. The van der Waals surface area contributed by atoms with E-state index in [1.165, 1.54) is 18.6 Å². The van der Waals surface area contributed by atoms with Gasteiger partial charge < -0.3 is 10.1 Å². The molecule has 2 heterocycles. The summed E-state index contributed by atoms with van der Waals surface area (Å²) in [5.41, 5.74) is 1.15. The first-order chi connectivity index (χ1) is 9.16. The van der Waals surface area contributed by atoms with Crippen molar-refractivity contribution in [2.24, 2.45) is 0 Å². The van der Waals surface area contributed by atoms with Crippen LogP contribution in [-0.4, -0.2) is 28.1 Å². The molecule has 106 valence electrons. The van der Waals surface area contributed by atoms with Crippen molar-refractivity contribution in [3.63, 3.8) is 0 Å². The van der Waals surface area contributed by atoms with Gasteiger partial charge in [0.2, 0.25) is 5.88 Å². The molecule has 1 N–H and O–H groups in total. The van der Waals surface area contributed by atoms with Gasteiger partial charge in [-0.05, 0) is 38.5 Å². The van der Waals surface area contributed by atoms with Gasteiger partial charge in [-0.15, -0.1) is 0 Å². The fourth-order valence-electron chi connectivity index (χ4n) is 2.32. The molecule has 3 nitrogen and oxygen atoms in total. The second-order valence-corrected chi connectivity index (χ2v) is 6.82. The normalized spacial score (nSPS) is 23.6. The van der Waals surface area contributed by atoms with Gasteiger partial charge >= 0.3 is 0 Å². The largest absolute Gasteiger partial charge is 0.475 e. The Bertz CT molecular complexity index is 397. The van der Waals surface area contributed by atoms with E-state index < -0.39 is 0 Å². The van der Waals surface area contributed by atoms with Crippen LogP contribution in [0.5, 0.6) is 5.88 Å². The number of hydrogen-bond acceptors (Lipinski definition) is 4. The Morgan fingerprint density at radius 2 is 2.37 bits per heavy atom. The number of ether oxygens (including phenoxy) is 1. The first kappa shape index (κ1) is 14.7. The highest BCUT2D eigenvalue weighted by molar-refractivity contribution is 7.99. The summed E-state index contributed by atoms with van der Waals surface area (Å²) in [6.07, 6.45) is 4.54. The van der Waals surface area contributed by atoms with E-state index in [0.717, 1.165) is 18.0 Å². The van der Waals surface area contributed by atoms with Crippen LogP contribution in [0.15, 0.2) is 18.3 Å². The van der Waals surface area contributed by atoms with E-state index in [4.69, 9.17) is 4.74 Å². The van der Waals surface area contributed by atoms with Crippen molar-refractivity contribution in [3.05, 3.63) is 23.9 Å². The predicted molar refractivity (Wildman–Crippen MR) is 81.8 cm³/mol. The second kappa shape index (κ2) is 7.15. The van der Waals surface area contributed by atoms with Gasteiger partial charge in [-0.1, -0.05) is 13.0 Å². The lowest BCUT2D eigenvalue weighted by atomic mass is 10.1. The zero-order chi connectivity index (χ0) is 13.7. The predicted octanol–water partition coefficient (Wildman–Crippen LogP) is 3.24. The fourth-order valence-corrected chi connectivity index (χ4v) is 3.49. The molecule has 0 saturated carbocycles. The first-order valence-electron chi connectivity index (χ1n) is 7.12. The number of aromatic nitrogens is 1. The Labute approximate surface area is 120 Å². The molecule has 0 aromatic carbocycles. The topological polar surface area (TPSA) is 34.1 Å². The average Bonchev–Trinajstić information content (AvgIpc) is 2.39. The highest BCUT2D eigenvalue weighted by Crippen LogP contribution is 2.25. The highest BCUT2D eigenvalue weighted by atomic mass is 32.2. The summed E-state index contributed by atoms with van der Waals surface area (Å²) < 4.78 is 5.76. The summed E-state index contributed by atoms with van der Waals surface area (Å²) in [7, 11) is 0. The summed E-state index contributed by atoms with van der Waals surface area (Å²) in [6, 6.07) is 4.67. The van der Waals surface area contributed by atoms with E-state index in [2.05, 4.69) is 35.1 Å². The van der Waals surface area contributed by atoms with Gasteiger partial charge in [0.05, 0.1) is 6.10 Å². The second-order valence-electron chi connectivity index (χ2n) is 5.34. The molecule has 1 aromatic rings. The molecule has 1 aliphatic rings. The maximum atomic E-state index is 5.76. The van der Waals surface area contributed by atoms with E-state index >= 15 is 0 Å². The van der Waals surface area contributed by atoms with E-state index in [0.29, 0.717) is 11.3 Å². The van der Waals surface area contributed by atoms with Gasteiger partial charge in [0.15, 0.2) is 0 Å². The molecule has 4 heteroatoms. The molecule has 0 amide bonds. The molecule has 0 bridgehead atoms. The van der Waals surface area contributed by atoms with Crippen LogP contribution in [0.4, 0.5) is 0 Å². The summed E-state index contributed by atoms with van der Waals surface area (Å²) in [5, 5.41) is 4.35. The van der Waals surface area contributed by atoms with Crippen molar-refractivity contribution in [2.75, 3.05) is 5.75 Å². The first-order valence-corrected chi connectivity index (χ1v) is 8.17. The molecule has 1 saturated heterocycles. The minimum Gasteiger partial charge on any atom is -0.475 e. The van der Waals surface area contributed by atoms with E-state index in [9.17, 15) is 0 Å². The van der Waals surface area contributed by atoms with Crippen molar-refractivity contribution < 1.29 is 4.74 Å². The molecule has 2 atom stereocenters. The lowest BCUT2D eigenvalue weighted by molar-refractivity contribution is 0.229. The Kier molecular flexibility index (Phi) is 5.52. The average molecular weight is 280 g/mol. The third-order valence-electron chi connectivity index (χ3n) is 3.36. The van der Waals surface area contributed by atoms with Crippen molar-refractivity contribution in [3.8, 4) is 5.88 Å². The van der Waals surface area contributed by atoms with Gasteiger partial charge in [0.1, 0.15) is 0 Å². The van der Waals surface area contributed by atoms with Crippen LogP contribution in [0.3, 0.4) is 0 Å². The number of thioether (sulfide) groups is 1. The Morgan fingerprint density at radius 3 is 3.11 bits per heavy atom. The van der Waals surface area contributed by atoms with Crippen LogP contribution >= 0.6 is 11.8 Å².